The maximum Gasteiger partial charge on any atom is 0.261 e. The molecular formula is C14H17NO3S. The van der Waals surface area contributed by atoms with Gasteiger partial charge in [0.05, 0.1) is 21.4 Å². The smallest absolute Gasteiger partial charge is 0.261 e. The molecule has 2 heterocycles. The molecule has 1 aromatic heterocycles. The average Bonchev–Trinajstić information content (AvgIpc) is 2.95. The highest BCUT2D eigenvalue weighted by atomic mass is 32.1. The van der Waals surface area contributed by atoms with Gasteiger partial charge in [0, 0.05) is 6.61 Å². The Labute approximate surface area is 116 Å². The van der Waals surface area contributed by atoms with Crippen molar-refractivity contribution in [2.45, 2.75) is 31.9 Å². The van der Waals surface area contributed by atoms with Crippen molar-refractivity contribution in [1.29, 1.82) is 0 Å². The van der Waals surface area contributed by atoms with Crippen LogP contribution >= 0.6 is 11.3 Å². The normalized spacial score (nSPS) is 25.7. The van der Waals surface area contributed by atoms with Gasteiger partial charge >= 0.3 is 0 Å². The van der Waals surface area contributed by atoms with Crippen LogP contribution in [0.2, 0.25) is 0 Å². The van der Waals surface area contributed by atoms with Gasteiger partial charge in [0.1, 0.15) is 6.61 Å². The first-order valence-corrected chi connectivity index (χ1v) is 7.00. The Morgan fingerprint density at radius 3 is 3.11 bits per heavy atom. The fourth-order valence-electron chi connectivity index (χ4n) is 1.97. The molecule has 2 atom stereocenters. The van der Waals surface area contributed by atoms with Crippen LogP contribution in [0.4, 0.5) is 0 Å². The lowest BCUT2D eigenvalue weighted by Gasteiger charge is -2.28. The molecule has 0 bridgehead atoms. The summed E-state index contributed by atoms with van der Waals surface area (Å²) in [7, 11) is 0. The first-order chi connectivity index (χ1) is 9.05. The number of hydrogen-bond donors (Lipinski definition) is 2. The van der Waals surface area contributed by atoms with Gasteiger partial charge in [0.15, 0.2) is 0 Å². The van der Waals surface area contributed by atoms with Crippen molar-refractivity contribution >= 4 is 17.2 Å². The maximum atomic E-state index is 12.2. The van der Waals surface area contributed by atoms with E-state index < -0.39 is 0 Å². The predicted octanol–water partition coefficient (Wildman–Crippen LogP) is 1.39. The number of nitrogens with one attached hydrogen (secondary N) is 1. The molecule has 1 saturated heterocycles. The summed E-state index contributed by atoms with van der Waals surface area (Å²) < 4.78 is 5.50. The van der Waals surface area contributed by atoms with Gasteiger partial charge in [0.25, 0.3) is 5.91 Å². The number of carbonyl (C=O) groups is 1. The summed E-state index contributed by atoms with van der Waals surface area (Å²) in [6.07, 6.45) is 0.840. The number of aliphatic hydroxyl groups is 1. The van der Waals surface area contributed by atoms with Gasteiger partial charge in [-0.15, -0.1) is 11.3 Å². The Balaban J connectivity index is 2.06. The molecule has 2 unspecified atom stereocenters. The molecule has 1 amide bonds. The molecular weight excluding hydrogens is 262 g/mol. The Kier molecular flexibility index (Phi) is 4.25. The van der Waals surface area contributed by atoms with Crippen molar-refractivity contribution in [1.82, 2.24) is 5.32 Å². The Hall–Kier alpha value is -1.35. The second-order valence-electron chi connectivity index (χ2n) is 4.76. The average molecular weight is 279 g/mol. The lowest BCUT2D eigenvalue weighted by atomic mass is 9.94. The van der Waals surface area contributed by atoms with E-state index in [1.807, 2.05) is 13.8 Å². The predicted molar refractivity (Wildman–Crippen MR) is 74.2 cm³/mol. The van der Waals surface area contributed by atoms with Crippen LogP contribution in [0.5, 0.6) is 0 Å². The number of amides is 1. The zero-order valence-corrected chi connectivity index (χ0v) is 11.8. The number of rotatable bonds is 2. The fourth-order valence-corrected chi connectivity index (χ4v) is 2.75. The number of hydrogen-bond acceptors (Lipinski definition) is 4. The summed E-state index contributed by atoms with van der Waals surface area (Å²) in [6, 6.07) is 3.55. The highest BCUT2D eigenvalue weighted by Crippen LogP contribution is 2.26. The van der Waals surface area contributed by atoms with Crippen molar-refractivity contribution < 1.29 is 14.6 Å². The lowest BCUT2D eigenvalue weighted by molar-refractivity contribution is 0.0730. The van der Waals surface area contributed by atoms with E-state index in [-0.39, 0.29) is 24.2 Å². The quantitative estimate of drug-likeness (QED) is 0.804. The van der Waals surface area contributed by atoms with Crippen LogP contribution in [-0.4, -0.2) is 35.9 Å². The Bertz CT molecular complexity index is 528. The fraction of sp³-hybridized carbons (Fsp3) is 0.500. The van der Waals surface area contributed by atoms with E-state index in [4.69, 9.17) is 9.84 Å². The van der Waals surface area contributed by atoms with E-state index in [0.29, 0.717) is 11.5 Å². The van der Waals surface area contributed by atoms with Gasteiger partial charge in [-0.2, -0.15) is 0 Å². The number of carbonyl (C=O) groups excluding carboxylic acids is 1. The zero-order chi connectivity index (χ0) is 13.9. The highest BCUT2D eigenvalue weighted by molar-refractivity contribution is 7.14. The van der Waals surface area contributed by atoms with Crippen LogP contribution in [-0.2, 0) is 4.74 Å². The van der Waals surface area contributed by atoms with Crippen LogP contribution in [0.25, 0.3) is 0 Å². The van der Waals surface area contributed by atoms with Gasteiger partial charge in [0.2, 0.25) is 0 Å². The monoisotopic (exact) mass is 279 g/mol. The molecule has 0 saturated carbocycles. The minimum absolute atomic E-state index is 0.0186. The molecule has 0 aliphatic carbocycles. The second kappa shape index (κ2) is 5.74. The van der Waals surface area contributed by atoms with Crippen molar-refractivity contribution in [3.05, 3.63) is 21.9 Å². The third-order valence-corrected chi connectivity index (χ3v) is 4.41. The van der Waals surface area contributed by atoms with Crippen LogP contribution in [0.3, 0.4) is 0 Å². The number of aliphatic hydroxyl groups excluding tert-OH is 1. The molecule has 1 aliphatic heterocycles. The summed E-state index contributed by atoms with van der Waals surface area (Å²) in [4.78, 5) is 13.6. The summed E-state index contributed by atoms with van der Waals surface area (Å²) in [5.41, 5.74) is -0.308. The minimum atomic E-state index is -0.308. The van der Waals surface area contributed by atoms with Crippen LogP contribution in [0.15, 0.2) is 12.1 Å². The second-order valence-corrected chi connectivity index (χ2v) is 5.84. The van der Waals surface area contributed by atoms with Crippen molar-refractivity contribution in [2.24, 2.45) is 0 Å². The van der Waals surface area contributed by atoms with Crippen LogP contribution in [0.1, 0.15) is 34.8 Å². The minimum Gasteiger partial charge on any atom is -0.384 e. The summed E-state index contributed by atoms with van der Waals surface area (Å²) >= 11 is 1.33. The standard InChI is InChI=1S/C14H17NO3S/c1-10-14(2,7-9-18-10)15-13(17)12-6-5-11(19-12)4-3-8-16/h5-6,10,16H,7-9H2,1-2H3,(H,15,17). The number of ether oxygens (including phenoxy) is 1. The maximum absolute atomic E-state index is 12.2. The third-order valence-electron chi connectivity index (χ3n) is 3.41. The molecule has 0 spiro atoms. The van der Waals surface area contributed by atoms with Gasteiger partial charge in [-0.1, -0.05) is 11.8 Å². The first kappa shape index (κ1) is 14.1. The van der Waals surface area contributed by atoms with Gasteiger partial charge in [-0.3, -0.25) is 4.79 Å². The van der Waals surface area contributed by atoms with E-state index in [9.17, 15) is 4.79 Å². The summed E-state index contributed by atoms with van der Waals surface area (Å²) in [6.45, 7) is 4.48. The van der Waals surface area contributed by atoms with Gasteiger partial charge in [-0.05, 0) is 32.4 Å². The zero-order valence-electron chi connectivity index (χ0n) is 11.0. The van der Waals surface area contributed by atoms with Crippen molar-refractivity contribution in [3.63, 3.8) is 0 Å². The molecule has 2 N–H and O–H groups in total. The molecule has 1 fully saturated rings. The molecule has 1 aromatic rings. The van der Waals surface area contributed by atoms with E-state index in [1.165, 1.54) is 11.3 Å². The summed E-state index contributed by atoms with van der Waals surface area (Å²) in [5, 5.41) is 11.7. The topological polar surface area (TPSA) is 58.6 Å². The van der Waals surface area contributed by atoms with E-state index in [0.717, 1.165) is 11.3 Å². The van der Waals surface area contributed by atoms with E-state index in [2.05, 4.69) is 17.2 Å². The molecule has 0 aromatic carbocycles. The molecule has 19 heavy (non-hydrogen) atoms. The Morgan fingerprint density at radius 1 is 1.68 bits per heavy atom. The first-order valence-electron chi connectivity index (χ1n) is 6.19. The largest absolute Gasteiger partial charge is 0.384 e. The lowest BCUT2D eigenvalue weighted by Crippen LogP contribution is -2.50. The molecule has 5 heteroatoms. The molecule has 1 aliphatic rings. The van der Waals surface area contributed by atoms with Crippen LogP contribution in [0, 0.1) is 11.8 Å². The van der Waals surface area contributed by atoms with Gasteiger partial charge < -0.3 is 15.2 Å². The highest BCUT2D eigenvalue weighted by Gasteiger charge is 2.38. The van der Waals surface area contributed by atoms with Gasteiger partial charge in [-0.25, -0.2) is 0 Å². The van der Waals surface area contributed by atoms with Crippen molar-refractivity contribution in [2.75, 3.05) is 13.2 Å². The van der Waals surface area contributed by atoms with E-state index in [1.54, 1.807) is 12.1 Å². The van der Waals surface area contributed by atoms with Crippen LogP contribution < -0.4 is 5.32 Å². The van der Waals surface area contributed by atoms with Crippen molar-refractivity contribution in [3.8, 4) is 11.8 Å². The number of thiophene rings is 1. The molecule has 2 rings (SSSR count). The molecule has 0 radical (unpaired) electrons. The van der Waals surface area contributed by atoms with E-state index >= 15 is 0 Å². The molecule has 4 nitrogen and oxygen atoms in total. The molecule has 102 valence electrons. The Morgan fingerprint density at radius 2 is 2.47 bits per heavy atom. The SMILES string of the molecule is CC1OCCC1(C)NC(=O)c1ccc(C#CCO)s1. The third kappa shape index (κ3) is 3.16. The summed E-state index contributed by atoms with van der Waals surface area (Å²) in [5.74, 6) is 5.27.